The van der Waals surface area contributed by atoms with Crippen LogP contribution in [0.5, 0.6) is 5.75 Å². The van der Waals surface area contributed by atoms with Crippen LogP contribution in [0, 0.1) is 0 Å². The number of amides is 3. The van der Waals surface area contributed by atoms with Gasteiger partial charge in [0.15, 0.2) is 0 Å². The largest absolute Gasteiger partial charge is 0.496 e. The lowest BCUT2D eigenvalue weighted by Crippen LogP contribution is -2.53. The molecule has 1 aromatic carbocycles. The first-order chi connectivity index (χ1) is 11.0. The summed E-state index contributed by atoms with van der Waals surface area (Å²) in [7, 11) is 1.48. The number of nitrogen functional groups attached to an aromatic ring is 1. The van der Waals surface area contributed by atoms with E-state index < -0.39 is 0 Å². The summed E-state index contributed by atoms with van der Waals surface area (Å²) in [6, 6.07) is 2.96. The van der Waals surface area contributed by atoms with Gasteiger partial charge in [-0.15, -0.1) is 0 Å². The van der Waals surface area contributed by atoms with Gasteiger partial charge >= 0.3 is 6.03 Å². The number of methoxy groups -OCH3 is 1. The minimum atomic E-state index is -0.181. The molecule has 1 fully saturated rings. The van der Waals surface area contributed by atoms with E-state index in [9.17, 15) is 9.59 Å². The summed E-state index contributed by atoms with van der Waals surface area (Å²) in [5.41, 5.74) is 6.47. The normalized spacial score (nSPS) is 14.6. The van der Waals surface area contributed by atoms with Crippen molar-refractivity contribution in [1.29, 1.82) is 0 Å². The fraction of sp³-hybridized carbons (Fsp3) is 0.467. The Kier molecular flexibility index (Phi) is 5.54. The van der Waals surface area contributed by atoms with Crippen LogP contribution in [0.2, 0.25) is 5.02 Å². The summed E-state index contributed by atoms with van der Waals surface area (Å²) < 4.78 is 5.22. The van der Waals surface area contributed by atoms with Crippen molar-refractivity contribution in [3.8, 4) is 5.75 Å². The van der Waals surface area contributed by atoms with E-state index in [-0.39, 0.29) is 11.9 Å². The summed E-state index contributed by atoms with van der Waals surface area (Å²) in [4.78, 5) is 27.8. The lowest BCUT2D eigenvalue weighted by atomic mass is 10.1. The smallest absolute Gasteiger partial charge is 0.317 e. The number of nitrogens with two attached hydrogens (primary N) is 1. The van der Waals surface area contributed by atoms with E-state index in [4.69, 9.17) is 22.1 Å². The van der Waals surface area contributed by atoms with Gasteiger partial charge in [-0.2, -0.15) is 0 Å². The average molecular weight is 341 g/mol. The van der Waals surface area contributed by atoms with Gasteiger partial charge in [0.25, 0.3) is 5.91 Å². The van der Waals surface area contributed by atoms with Crippen molar-refractivity contribution in [3.63, 3.8) is 0 Å². The van der Waals surface area contributed by atoms with Crippen molar-refractivity contribution in [3.05, 3.63) is 22.7 Å². The summed E-state index contributed by atoms with van der Waals surface area (Å²) in [6.07, 6.45) is 0. The molecule has 0 unspecified atom stereocenters. The van der Waals surface area contributed by atoms with E-state index in [0.29, 0.717) is 54.7 Å². The van der Waals surface area contributed by atoms with E-state index in [1.54, 1.807) is 15.9 Å². The second-order valence-corrected chi connectivity index (χ2v) is 5.60. The topological polar surface area (TPSA) is 87.9 Å². The molecule has 0 aliphatic carbocycles. The van der Waals surface area contributed by atoms with Crippen molar-refractivity contribution in [2.24, 2.45) is 0 Å². The Labute approximate surface area is 140 Å². The second-order valence-electron chi connectivity index (χ2n) is 5.19. The van der Waals surface area contributed by atoms with Gasteiger partial charge < -0.3 is 25.6 Å². The van der Waals surface area contributed by atoms with Crippen LogP contribution in [0.4, 0.5) is 10.5 Å². The van der Waals surface area contributed by atoms with Crippen LogP contribution in [0.3, 0.4) is 0 Å². The number of piperazine rings is 1. The number of urea groups is 1. The molecule has 3 N–H and O–H groups in total. The molecule has 1 heterocycles. The number of rotatable bonds is 3. The van der Waals surface area contributed by atoms with Gasteiger partial charge in [0.1, 0.15) is 5.75 Å². The fourth-order valence-corrected chi connectivity index (χ4v) is 2.61. The van der Waals surface area contributed by atoms with Crippen LogP contribution >= 0.6 is 11.6 Å². The van der Waals surface area contributed by atoms with Gasteiger partial charge in [0.05, 0.1) is 23.4 Å². The lowest BCUT2D eigenvalue weighted by Gasteiger charge is -2.34. The molecule has 0 saturated carbocycles. The highest BCUT2D eigenvalue weighted by Gasteiger charge is 2.26. The predicted molar refractivity (Wildman–Crippen MR) is 89.0 cm³/mol. The lowest BCUT2D eigenvalue weighted by molar-refractivity contribution is 0.0662. The van der Waals surface area contributed by atoms with Crippen molar-refractivity contribution in [2.45, 2.75) is 6.92 Å². The third kappa shape index (κ3) is 3.79. The first-order valence-corrected chi connectivity index (χ1v) is 7.80. The number of nitrogens with zero attached hydrogens (tertiary/aromatic N) is 2. The zero-order valence-electron chi connectivity index (χ0n) is 13.3. The molecule has 1 saturated heterocycles. The first kappa shape index (κ1) is 17.2. The maximum Gasteiger partial charge on any atom is 0.317 e. The molecule has 126 valence electrons. The molecule has 2 rings (SSSR count). The molecule has 23 heavy (non-hydrogen) atoms. The second kappa shape index (κ2) is 7.41. The van der Waals surface area contributed by atoms with E-state index in [1.807, 2.05) is 6.92 Å². The Morgan fingerprint density at radius 3 is 2.43 bits per heavy atom. The molecule has 1 aromatic rings. The molecule has 1 aliphatic heterocycles. The Balaban J connectivity index is 2.08. The van der Waals surface area contributed by atoms with Crippen LogP contribution in [-0.4, -0.2) is 61.6 Å². The Morgan fingerprint density at radius 2 is 1.87 bits per heavy atom. The predicted octanol–water partition coefficient (Wildman–Crippen LogP) is 1.42. The number of benzene rings is 1. The molecular formula is C15H21ClN4O3. The Hall–Kier alpha value is -2.15. The highest BCUT2D eigenvalue weighted by molar-refractivity contribution is 6.33. The minimum Gasteiger partial charge on any atom is -0.496 e. The Morgan fingerprint density at radius 1 is 1.26 bits per heavy atom. The number of anilines is 1. The van der Waals surface area contributed by atoms with Crippen molar-refractivity contribution < 1.29 is 14.3 Å². The first-order valence-electron chi connectivity index (χ1n) is 7.43. The SMILES string of the molecule is CCNC(=O)N1CCN(C(=O)c2cc(Cl)c(N)cc2OC)CC1. The third-order valence-electron chi connectivity index (χ3n) is 3.73. The zero-order chi connectivity index (χ0) is 17.0. The van der Waals surface area contributed by atoms with Gasteiger partial charge in [-0.3, -0.25) is 4.79 Å². The van der Waals surface area contributed by atoms with E-state index in [2.05, 4.69) is 5.32 Å². The number of carbonyl (C=O) groups excluding carboxylic acids is 2. The number of hydrogen-bond donors (Lipinski definition) is 2. The van der Waals surface area contributed by atoms with Crippen LogP contribution < -0.4 is 15.8 Å². The van der Waals surface area contributed by atoms with E-state index in [0.717, 1.165) is 0 Å². The van der Waals surface area contributed by atoms with E-state index >= 15 is 0 Å². The van der Waals surface area contributed by atoms with Crippen LogP contribution in [0.1, 0.15) is 17.3 Å². The summed E-state index contributed by atoms with van der Waals surface area (Å²) in [6.45, 7) is 4.35. The minimum absolute atomic E-state index is 0.104. The summed E-state index contributed by atoms with van der Waals surface area (Å²) >= 11 is 6.01. The molecular weight excluding hydrogens is 320 g/mol. The average Bonchev–Trinajstić information content (AvgIpc) is 2.56. The third-order valence-corrected chi connectivity index (χ3v) is 4.06. The number of ether oxygens (including phenoxy) is 1. The van der Waals surface area contributed by atoms with Crippen LogP contribution in [0.15, 0.2) is 12.1 Å². The fourth-order valence-electron chi connectivity index (χ4n) is 2.45. The zero-order valence-corrected chi connectivity index (χ0v) is 14.0. The molecule has 0 bridgehead atoms. The molecule has 0 spiro atoms. The van der Waals surface area contributed by atoms with Crippen molar-refractivity contribution in [2.75, 3.05) is 45.6 Å². The van der Waals surface area contributed by atoms with Gasteiger partial charge in [-0.05, 0) is 13.0 Å². The summed E-state index contributed by atoms with van der Waals surface area (Å²) in [5.74, 6) is 0.211. The summed E-state index contributed by atoms with van der Waals surface area (Å²) in [5, 5.41) is 3.07. The highest BCUT2D eigenvalue weighted by Crippen LogP contribution is 2.30. The maximum absolute atomic E-state index is 12.7. The number of hydrogen-bond acceptors (Lipinski definition) is 4. The Bertz CT molecular complexity index is 601. The van der Waals surface area contributed by atoms with Crippen LogP contribution in [0.25, 0.3) is 0 Å². The van der Waals surface area contributed by atoms with Gasteiger partial charge in [-0.25, -0.2) is 4.79 Å². The van der Waals surface area contributed by atoms with Crippen molar-refractivity contribution >= 4 is 29.2 Å². The van der Waals surface area contributed by atoms with Crippen molar-refractivity contribution in [1.82, 2.24) is 15.1 Å². The maximum atomic E-state index is 12.7. The number of halogens is 1. The van der Waals surface area contributed by atoms with Gasteiger partial charge in [0, 0.05) is 38.8 Å². The number of carbonyl (C=O) groups is 2. The number of nitrogens with one attached hydrogen (secondary N) is 1. The molecule has 0 radical (unpaired) electrons. The molecule has 1 aliphatic rings. The molecule has 0 aromatic heterocycles. The molecule has 3 amide bonds. The highest BCUT2D eigenvalue weighted by atomic mass is 35.5. The molecule has 7 nitrogen and oxygen atoms in total. The van der Waals surface area contributed by atoms with Gasteiger partial charge in [-0.1, -0.05) is 11.6 Å². The molecule has 8 heteroatoms. The standard InChI is InChI=1S/C15H21ClN4O3/c1-3-18-15(22)20-6-4-19(5-7-20)14(21)10-8-11(16)12(17)9-13(10)23-2/h8-9H,3-7,17H2,1-2H3,(H,18,22). The molecule has 0 atom stereocenters. The van der Waals surface area contributed by atoms with Gasteiger partial charge in [0.2, 0.25) is 0 Å². The van der Waals surface area contributed by atoms with Crippen LogP contribution in [-0.2, 0) is 0 Å². The van der Waals surface area contributed by atoms with E-state index in [1.165, 1.54) is 13.2 Å². The quantitative estimate of drug-likeness (QED) is 0.814. The monoisotopic (exact) mass is 340 g/mol.